The minimum absolute atomic E-state index is 0.167. The van der Waals surface area contributed by atoms with Crippen molar-refractivity contribution >= 4 is 16.9 Å². The van der Waals surface area contributed by atoms with Crippen LogP contribution in [-0.2, 0) is 0 Å². The Morgan fingerprint density at radius 1 is 1.23 bits per heavy atom. The Morgan fingerprint density at radius 3 is 2.80 bits per heavy atom. The number of benzene rings is 2. The van der Waals surface area contributed by atoms with E-state index in [0.717, 1.165) is 22.3 Å². The summed E-state index contributed by atoms with van der Waals surface area (Å²) in [5.41, 5.74) is 7.19. The molecule has 1 amide bonds. The van der Waals surface area contributed by atoms with Crippen molar-refractivity contribution in [2.75, 3.05) is 6.61 Å². The van der Waals surface area contributed by atoms with Crippen molar-refractivity contribution in [3.63, 3.8) is 0 Å². The number of aliphatic hydroxyl groups excluding tert-OH is 1. The molecule has 7 heteroatoms. The van der Waals surface area contributed by atoms with Gasteiger partial charge in [-0.1, -0.05) is 30.3 Å². The second-order valence-electron chi connectivity index (χ2n) is 7.19. The Hall–Kier alpha value is -3.58. The van der Waals surface area contributed by atoms with Crippen LogP contribution in [0.25, 0.3) is 22.3 Å². The number of imidazole rings is 1. The molecule has 0 unspecified atom stereocenters. The number of ether oxygens (including phenoxy) is 1. The van der Waals surface area contributed by atoms with Gasteiger partial charge in [0.2, 0.25) is 0 Å². The van der Waals surface area contributed by atoms with E-state index in [1.54, 1.807) is 17.7 Å². The van der Waals surface area contributed by atoms with E-state index in [2.05, 4.69) is 4.98 Å². The third-order valence-electron chi connectivity index (χ3n) is 5.02. The summed E-state index contributed by atoms with van der Waals surface area (Å²) in [4.78, 5) is 15.2. The van der Waals surface area contributed by atoms with Gasteiger partial charge in [0, 0.05) is 23.6 Å². The molecule has 0 aliphatic heterocycles. The van der Waals surface area contributed by atoms with E-state index in [0.29, 0.717) is 18.8 Å². The Balaban J connectivity index is 1.44. The van der Waals surface area contributed by atoms with Gasteiger partial charge < -0.3 is 24.6 Å². The monoisotopic (exact) mass is 405 g/mol. The van der Waals surface area contributed by atoms with Crippen LogP contribution in [0.1, 0.15) is 29.9 Å². The van der Waals surface area contributed by atoms with E-state index >= 15 is 0 Å². The first-order valence-corrected chi connectivity index (χ1v) is 9.74. The van der Waals surface area contributed by atoms with Crippen LogP contribution in [0.3, 0.4) is 0 Å². The molecule has 0 fully saturated rings. The number of rotatable bonds is 8. The largest absolute Gasteiger partial charge is 0.493 e. The lowest BCUT2D eigenvalue weighted by atomic mass is 10.1. The molecule has 0 aliphatic rings. The molecule has 7 nitrogen and oxygen atoms in total. The molecule has 2 heterocycles. The fourth-order valence-corrected chi connectivity index (χ4v) is 3.45. The number of fused-ring (bicyclic) bond motifs is 1. The molecule has 4 rings (SSSR count). The minimum Gasteiger partial charge on any atom is -0.493 e. The van der Waals surface area contributed by atoms with Crippen molar-refractivity contribution in [3.8, 4) is 17.1 Å². The SMILES string of the molecule is C[C@H](O)[C@@H](CCOc1cccc(-c2cc3ccccc3o2)c1)n1cnc(C(N)=O)c1. The number of nitrogens with zero attached hydrogens (tertiary/aromatic N) is 2. The molecule has 2 aromatic carbocycles. The number of amides is 1. The summed E-state index contributed by atoms with van der Waals surface area (Å²) < 4.78 is 13.5. The molecule has 30 heavy (non-hydrogen) atoms. The molecule has 3 N–H and O–H groups in total. The topological polar surface area (TPSA) is 104 Å². The zero-order valence-electron chi connectivity index (χ0n) is 16.6. The molecular weight excluding hydrogens is 382 g/mol. The van der Waals surface area contributed by atoms with Gasteiger partial charge in [0.05, 0.1) is 25.1 Å². The van der Waals surface area contributed by atoms with Crippen LogP contribution in [0.4, 0.5) is 0 Å². The highest BCUT2D eigenvalue weighted by molar-refractivity contribution is 5.90. The van der Waals surface area contributed by atoms with Crippen LogP contribution in [-0.4, -0.2) is 33.3 Å². The molecule has 0 saturated heterocycles. The first-order chi connectivity index (χ1) is 14.5. The van der Waals surface area contributed by atoms with Gasteiger partial charge in [0.15, 0.2) is 0 Å². The van der Waals surface area contributed by atoms with Gasteiger partial charge in [0.25, 0.3) is 5.91 Å². The zero-order valence-corrected chi connectivity index (χ0v) is 16.6. The van der Waals surface area contributed by atoms with Crippen LogP contribution in [0.15, 0.2) is 71.5 Å². The third kappa shape index (κ3) is 4.21. The number of aromatic nitrogens is 2. The van der Waals surface area contributed by atoms with Gasteiger partial charge >= 0.3 is 0 Å². The summed E-state index contributed by atoms with van der Waals surface area (Å²) in [5.74, 6) is 0.887. The van der Waals surface area contributed by atoms with Gasteiger partial charge in [-0.2, -0.15) is 0 Å². The average Bonchev–Trinajstić information content (AvgIpc) is 3.38. The summed E-state index contributed by atoms with van der Waals surface area (Å²) in [7, 11) is 0. The number of hydrogen-bond donors (Lipinski definition) is 2. The summed E-state index contributed by atoms with van der Waals surface area (Å²) >= 11 is 0. The highest BCUT2D eigenvalue weighted by Crippen LogP contribution is 2.30. The Labute approximate surface area is 173 Å². The molecule has 0 bridgehead atoms. The number of nitrogens with two attached hydrogens (primary N) is 1. The fraction of sp³-hybridized carbons (Fsp3) is 0.217. The zero-order chi connectivity index (χ0) is 21.1. The van der Waals surface area contributed by atoms with Crippen molar-refractivity contribution in [1.82, 2.24) is 9.55 Å². The van der Waals surface area contributed by atoms with Crippen LogP contribution >= 0.6 is 0 Å². The van der Waals surface area contributed by atoms with Gasteiger partial charge in [-0.25, -0.2) is 4.98 Å². The highest BCUT2D eigenvalue weighted by Gasteiger charge is 2.19. The summed E-state index contributed by atoms with van der Waals surface area (Å²) in [6, 6.07) is 17.3. The quantitative estimate of drug-likeness (QED) is 0.464. The van der Waals surface area contributed by atoms with Gasteiger partial charge in [-0.3, -0.25) is 4.79 Å². The van der Waals surface area contributed by atoms with E-state index in [-0.39, 0.29) is 11.7 Å². The van der Waals surface area contributed by atoms with Gasteiger partial charge in [0.1, 0.15) is 22.8 Å². The molecule has 0 saturated carbocycles. The number of furan rings is 1. The van der Waals surface area contributed by atoms with E-state index < -0.39 is 12.0 Å². The highest BCUT2D eigenvalue weighted by atomic mass is 16.5. The van der Waals surface area contributed by atoms with Crippen LogP contribution < -0.4 is 10.5 Å². The maximum Gasteiger partial charge on any atom is 0.268 e. The molecular formula is C23H23N3O4. The van der Waals surface area contributed by atoms with Gasteiger partial charge in [-0.15, -0.1) is 0 Å². The molecule has 0 aliphatic carbocycles. The Morgan fingerprint density at radius 2 is 2.07 bits per heavy atom. The number of aliphatic hydroxyl groups is 1. The predicted octanol–water partition coefficient (Wildman–Crippen LogP) is 3.79. The lowest BCUT2D eigenvalue weighted by Crippen LogP contribution is -2.23. The number of hydrogen-bond acceptors (Lipinski definition) is 5. The van der Waals surface area contributed by atoms with Gasteiger partial charge in [-0.05, 0) is 31.2 Å². The smallest absolute Gasteiger partial charge is 0.268 e. The van der Waals surface area contributed by atoms with E-state index in [4.69, 9.17) is 14.9 Å². The van der Waals surface area contributed by atoms with Crippen LogP contribution in [0.2, 0.25) is 0 Å². The molecule has 0 spiro atoms. The Bertz CT molecular complexity index is 1130. The number of primary amides is 1. The Kier molecular flexibility index (Phi) is 5.54. The van der Waals surface area contributed by atoms with E-state index in [1.807, 2.05) is 54.6 Å². The minimum atomic E-state index is -0.648. The van der Waals surface area contributed by atoms with Crippen LogP contribution in [0.5, 0.6) is 5.75 Å². The summed E-state index contributed by atoms with van der Waals surface area (Å²) in [6.07, 6.45) is 2.92. The van der Waals surface area contributed by atoms with E-state index in [9.17, 15) is 9.90 Å². The third-order valence-corrected chi connectivity index (χ3v) is 5.02. The maximum absolute atomic E-state index is 11.3. The molecule has 2 atom stereocenters. The molecule has 154 valence electrons. The standard InChI is InChI=1S/C23H23N3O4/c1-15(27)20(26-13-19(23(24)28)25-14-26)9-10-29-18-7-4-6-16(11-18)22-12-17-5-2-3-8-21(17)30-22/h2-8,11-15,20,27H,9-10H2,1H3,(H2,24,28)/t15-,20+/m0/s1. The summed E-state index contributed by atoms with van der Waals surface area (Å²) in [5, 5.41) is 11.2. The average molecular weight is 405 g/mol. The normalized spacial score (nSPS) is 13.3. The van der Waals surface area contributed by atoms with Crippen LogP contribution in [0, 0.1) is 0 Å². The van der Waals surface area contributed by atoms with Crippen molar-refractivity contribution in [2.24, 2.45) is 5.73 Å². The first kappa shape index (κ1) is 19.7. The maximum atomic E-state index is 11.3. The first-order valence-electron chi connectivity index (χ1n) is 9.74. The lowest BCUT2D eigenvalue weighted by molar-refractivity contribution is 0.0993. The number of carbonyl (C=O) groups excluding carboxylic acids is 1. The molecule has 4 aromatic rings. The number of para-hydroxylation sites is 1. The fourth-order valence-electron chi connectivity index (χ4n) is 3.45. The van der Waals surface area contributed by atoms with E-state index in [1.165, 1.54) is 6.33 Å². The second kappa shape index (κ2) is 8.42. The summed E-state index contributed by atoms with van der Waals surface area (Å²) in [6.45, 7) is 2.07. The number of carbonyl (C=O) groups is 1. The second-order valence-corrected chi connectivity index (χ2v) is 7.19. The van der Waals surface area contributed by atoms with Crippen molar-refractivity contribution in [3.05, 3.63) is 72.8 Å². The molecule has 2 aromatic heterocycles. The van der Waals surface area contributed by atoms with Crippen molar-refractivity contribution in [1.29, 1.82) is 0 Å². The molecule has 0 radical (unpaired) electrons. The van der Waals surface area contributed by atoms with Crippen molar-refractivity contribution < 1.29 is 19.1 Å². The van der Waals surface area contributed by atoms with Crippen molar-refractivity contribution in [2.45, 2.75) is 25.5 Å². The predicted molar refractivity (Wildman–Crippen MR) is 113 cm³/mol. The lowest BCUT2D eigenvalue weighted by Gasteiger charge is -2.21.